The summed E-state index contributed by atoms with van der Waals surface area (Å²) in [5.41, 5.74) is 1.08. The van der Waals surface area contributed by atoms with E-state index in [0.717, 1.165) is 12.1 Å². The highest BCUT2D eigenvalue weighted by molar-refractivity contribution is 5.87. The van der Waals surface area contributed by atoms with Crippen molar-refractivity contribution in [2.75, 3.05) is 6.54 Å². The lowest BCUT2D eigenvalue weighted by Gasteiger charge is -2.04. The van der Waals surface area contributed by atoms with E-state index in [4.69, 9.17) is 5.11 Å². The van der Waals surface area contributed by atoms with Crippen molar-refractivity contribution in [3.05, 3.63) is 35.4 Å². The Morgan fingerprint density at radius 2 is 1.88 bits per heavy atom. The summed E-state index contributed by atoms with van der Waals surface area (Å²) in [4.78, 5) is 22.2. The molecule has 1 saturated carbocycles. The maximum atomic E-state index is 11.5. The van der Waals surface area contributed by atoms with Crippen molar-refractivity contribution in [1.82, 2.24) is 5.32 Å². The molecule has 17 heavy (non-hydrogen) atoms. The number of hydrogen-bond acceptors (Lipinski definition) is 2. The second-order valence-corrected chi connectivity index (χ2v) is 4.43. The van der Waals surface area contributed by atoms with Crippen LogP contribution in [-0.2, 0) is 11.2 Å². The number of benzene rings is 1. The van der Waals surface area contributed by atoms with Crippen molar-refractivity contribution in [3.63, 3.8) is 0 Å². The number of carboxylic acids is 1. The molecule has 90 valence electrons. The highest BCUT2D eigenvalue weighted by atomic mass is 16.4. The molecule has 0 aromatic heterocycles. The summed E-state index contributed by atoms with van der Waals surface area (Å²) in [6, 6.07) is 6.40. The van der Waals surface area contributed by atoms with Gasteiger partial charge in [-0.25, -0.2) is 4.79 Å². The van der Waals surface area contributed by atoms with Gasteiger partial charge in [0, 0.05) is 6.54 Å². The minimum absolute atomic E-state index is 0.0000231. The van der Waals surface area contributed by atoms with Crippen LogP contribution in [0, 0.1) is 5.92 Å². The zero-order chi connectivity index (χ0) is 12.3. The molecule has 0 radical (unpaired) electrons. The lowest BCUT2D eigenvalue weighted by molar-refractivity contribution is -0.120. The van der Waals surface area contributed by atoms with Crippen molar-refractivity contribution in [2.45, 2.75) is 19.3 Å². The largest absolute Gasteiger partial charge is 0.478 e. The number of aromatic carboxylic acids is 1. The van der Waals surface area contributed by atoms with Gasteiger partial charge in [0.05, 0.1) is 12.0 Å². The summed E-state index contributed by atoms with van der Waals surface area (Å²) in [5.74, 6) is -0.275. The van der Waals surface area contributed by atoms with Crippen LogP contribution in [0.2, 0.25) is 0 Å². The standard InChI is InChI=1S/C13H15NO3/c15-12(14-8-10-1-2-10)7-9-3-5-11(6-4-9)13(16)17/h3-6,10H,1-2,7-8H2,(H,14,15)(H,16,17). The van der Waals surface area contributed by atoms with Crippen LogP contribution in [0.25, 0.3) is 0 Å². The van der Waals surface area contributed by atoms with Gasteiger partial charge in [-0.2, -0.15) is 0 Å². The summed E-state index contributed by atoms with van der Waals surface area (Å²) in [6.45, 7) is 0.770. The number of carboxylic acid groups (broad SMARTS) is 1. The first-order chi connectivity index (χ1) is 8.15. The molecule has 4 heteroatoms. The molecular formula is C13H15NO3. The van der Waals surface area contributed by atoms with Crippen molar-refractivity contribution in [2.24, 2.45) is 5.92 Å². The molecule has 0 atom stereocenters. The van der Waals surface area contributed by atoms with Gasteiger partial charge in [0.2, 0.25) is 5.91 Å². The highest BCUT2D eigenvalue weighted by Gasteiger charge is 2.21. The highest BCUT2D eigenvalue weighted by Crippen LogP contribution is 2.27. The van der Waals surface area contributed by atoms with Crippen LogP contribution in [0.3, 0.4) is 0 Å². The van der Waals surface area contributed by atoms with E-state index in [2.05, 4.69) is 5.32 Å². The normalized spacial score (nSPS) is 14.4. The zero-order valence-corrected chi connectivity index (χ0v) is 9.48. The molecular weight excluding hydrogens is 218 g/mol. The van der Waals surface area contributed by atoms with Crippen LogP contribution in [0.5, 0.6) is 0 Å². The minimum atomic E-state index is -0.949. The third-order valence-electron chi connectivity index (χ3n) is 2.85. The van der Waals surface area contributed by atoms with Gasteiger partial charge in [-0.05, 0) is 36.5 Å². The molecule has 1 aromatic rings. The van der Waals surface area contributed by atoms with E-state index in [-0.39, 0.29) is 11.5 Å². The molecule has 0 unspecified atom stereocenters. The molecule has 0 spiro atoms. The molecule has 0 aliphatic heterocycles. The first-order valence-electron chi connectivity index (χ1n) is 5.74. The fourth-order valence-corrected chi connectivity index (χ4v) is 1.59. The summed E-state index contributed by atoms with van der Waals surface area (Å²) >= 11 is 0. The molecule has 4 nitrogen and oxygen atoms in total. The fraction of sp³-hybridized carbons (Fsp3) is 0.385. The van der Waals surface area contributed by atoms with Crippen LogP contribution in [0.1, 0.15) is 28.8 Å². The minimum Gasteiger partial charge on any atom is -0.478 e. The summed E-state index contributed by atoms with van der Waals surface area (Å²) < 4.78 is 0. The first-order valence-corrected chi connectivity index (χ1v) is 5.74. The molecule has 1 aliphatic rings. The number of hydrogen-bond donors (Lipinski definition) is 2. The monoisotopic (exact) mass is 233 g/mol. The van der Waals surface area contributed by atoms with E-state index in [1.807, 2.05) is 0 Å². The molecule has 1 amide bonds. The Morgan fingerprint density at radius 3 is 2.41 bits per heavy atom. The maximum Gasteiger partial charge on any atom is 0.335 e. The molecule has 1 fully saturated rings. The summed E-state index contributed by atoms with van der Waals surface area (Å²) in [7, 11) is 0. The molecule has 1 aliphatic carbocycles. The molecule has 2 N–H and O–H groups in total. The SMILES string of the molecule is O=C(Cc1ccc(C(=O)O)cc1)NCC1CC1. The second kappa shape index (κ2) is 4.99. The van der Waals surface area contributed by atoms with Crippen LogP contribution >= 0.6 is 0 Å². The van der Waals surface area contributed by atoms with E-state index < -0.39 is 5.97 Å². The summed E-state index contributed by atoms with van der Waals surface area (Å²) in [6.07, 6.45) is 2.74. The number of carbonyl (C=O) groups is 2. The van der Waals surface area contributed by atoms with E-state index >= 15 is 0 Å². The lowest BCUT2D eigenvalue weighted by atomic mass is 10.1. The van der Waals surface area contributed by atoms with Gasteiger partial charge in [0.25, 0.3) is 0 Å². The van der Waals surface area contributed by atoms with Crippen LogP contribution in [-0.4, -0.2) is 23.5 Å². The molecule has 0 saturated heterocycles. The third-order valence-corrected chi connectivity index (χ3v) is 2.85. The van der Waals surface area contributed by atoms with Gasteiger partial charge in [-0.15, -0.1) is 0 Å². The van der Waals surface area contributed by atoms with Crippen LogP contribution < -0.4 is 5.32 Å². The Kier molecular flexibility index (Phi) is 3.42. The van der Waals surface area contributed by atoms with E-state index in [1.54, 1.807) is 12.1 Å². The topological polar surface area (TPSA) is 66.4 Å². The average Bonchev–Trinajstić information content (AvgIpc) is 3.11. The lowest BCUT2D eigenvalue weighted by Crippen LogP contribution is -2.27. The van der Waals surface area contributed by atoms with Crippen LogP contribution in [0.15, 0.2) is 24.3 Å². The van der Waals surface area contributed by atoms with Gasteiger partial charge in [-0.1, -0.05) is 12.1 Å². The smallest absolute Gasteiger partial charge is 0.335 e. The molecule has 1 aromatic carbocycles. The van der Waals surface area contributed by atoms with Gasteiger partial charge >= 0.3 is 5.97 Å². The van der Waals surface area contributed by atoms with E-state index in [9.17, 15) is 9.59 Å². The van der Waals surface area contributed by atoms with E-state index in [1.165, 1.54) is 25.0 Å². The Morgan fingerprint density at radius 1 is 1.24 bits per heavy atom. The number of carbonyl (C=O) groups excluding carboxylic acids is 1. The Labute approximate surface area is 99.6 Å². The van der Waals surface area contributed by atoms with Crippen molar-refractivity contribution >= 4 is 11.9 Å². The van der Waals surface area contributed by atoms with Gasteiger partial charge in [0.15, 0.2) is 0 Å². The van der Waals surface area contributed by atoms with Gasteiger partial charge < -0.3 is 10.4 Å². The summed E-state index contributed by atoms with van der Waals surface area (Å²) in [5, 5.41) is 11.6. The Balaban J connectivity index is 1.84. The number of amides is 1. The molecule has 0 bridgehead atoms. The Hall–Kier alpha value is -1.84. The predicted molar refractivity (Wildman–Crippen MR) is 62.8 cm³/mol. The third kappa shape index (κ3) is 3.59. The number of nitrogens with one attached hydrogen (secondary N) is 1. The van der Waals surface area contributed by atoms with Crippen molar-refractivity contribution in [3.8, 4) is 0 Å². The molecule has 2 rings (SSSR count). The molecule has 0 heterocycles. The second-order valence-electron chi connectivity index (χ2n) is 4.43. The van der Waals surface area contributed by atoms with Gasteiger partial charge in [0.1, 0.15) is 0 Å². The van der Waals surface area contributed by atoms with Gasteiger partial charge in [-0.3, -0.25) is 4.79 Å². The fourth-order valence-electron chi connectivity index (χ4n) is 1.59. The zero-order valence-electron chi connectivity index (χ0n) is 9.48. The van der Waals surface area contributed by atoms with Crippen LogP contribution in [0.4, 0.5) is 0 Å². The van der Waals surface area contributed by atoms with E-state index in [0.29, 0.717) is 12.3 Å². The average molecular weight is 233 g/mol. The first kappa shape index (κ1) is 11.6. The quantitative estimate of drug-likeness (QED) is 0.809. The van der Waals surface area contributed by atoms with Crippen molar-refractivity contribution < 1.29 is 14.7 Å². The Bertz CT molecular complexity index is 421. The maximum absolute atomic E-state index is 11.5. The number of rotatable bonds is 5. The predicted octanol–water partition coefficient (Wildman–Crippen LogP) is 1.45. The van der Waals surface area contributed by atoms with Crippen molar-refractivity contribution in [1.29, 1.82) is 0 Å².